The number of hydrogen-bond acceptors (Lipinski definition) is 5. The van der Waals surface area contributed by atoms with Crippen molar-refractivity contribution < 1.29 is 14.3 Å². The van der Waals surface area contributed by atoms with Gasteiger partial charge in [0.25, 0.3) is 5.91 Å². The first kappa shape index (κ1) is 27.4. The van der Waals surface area contributed by atoms with Gasteiger partial charge in [0, 0.05) is 44.1 Å². The number of rotatable bonds is 8. The fourth-order valence-electron chi connectivity index (χ4n) is 4.38. The fraction of sp³-hybridized carbons (Fsp3) is 0.286. The Bertz CT molecular complexity index is 1270. The molecule has 1 saturated heterocycles. The van der Waals surface area contributed by atoms with E-state index in [-0.39, 0.29) is 5.91 Å². The maximum atomic E-state index is 13.1. The minimum absolute atomic E-state index is 0.188. The molecular formula is C28H31Cl2N5O3. The van der Waals surface area contributed by atoms with Gasteiger partial charge in [0.2, 0.25) is 0 Å². The summed E-state index contributed by atoms with van der Waals surface area (Å²) in [6.45, 7) is 5.56. The lowest BCUT2D eigenvalue weighted by Crippen LogP contribution is -2.47. The first-order chi connectivity index (χ1) is 18.4. The van der Waals surface area contributed by atoms with Crippen molar-refractivity contribution in [3.63, 3.8) is 0 Å². The van der Waals surface area contributed by atoms with Crippen molar-refractivity contribution in [2.45, 2.75) is 13.3 Å². The van der Waals surface area contributed by atoms with Crippen LogP contribution >= 0.6 is 23.2 Å². The van der Waals surface area contributed by atoms with Crippen molar-refractivity contribution >= 4 is 57.9 Å². The Morgan fingerprint density at radius 3 is 2.18 bits per heavy atom. The van der Waals surface area contributed by atoms with E-state index < -0.39 is 6.03 Å². The Morgan fingerprint density at radius 1 is 0.868 bits per heavy atom. The molecule has 0 atom stereocenters. The molecule has 0 saturated carbocycles. The van der Waals surface area contributed by atoms with Gasteiger partial charge in [-0.05, 0) is 48.9 Å². The summed E-state index contributed by atoms with van der Waals surface area (Å²) in [5.74, 6) is 0.652. The molecule has 1 fully saturated rings. The van der Waals surface area contributed by atoms with E-state index in [9.17, 15) is 9.59 Å². The normalized spacial score (nSPS) is 13.2. The SMILES string of the molecule is CCCNC(=O)c1cc(NC(=O)Nc2c(Cl)cccc2Cl)ccc1N1CCN(c2ccccc2OC)CC1. The summed E-state index contributed by atoms with van der Waals surface area (Å²) in [6, 6.07) is 17.8. The van der Waals surface area contributed by atoms with Crippen molar-refractivity contribution in [3.05, 3.63) is 76.3 Å². The number of carbonyl (C=O) groups excluding carboxylic acids is 2. The number of urea groups is 1. The molecule has 1 aliphatic rings. The Labute approximate surface area is 232 Å². The molecule has 8 nitrogen and oxygen atoms in total. The summed E-state index contributed by atoms with van der Waals surface area (Å²) in [4.78, 5) is 30.3. The molecule has 0 aromatic heterocycles. The summed E-state index contributed by atoms with van der Waals surface area (Å²) in [6.07, 6.45) is 0.817. The van der Waals surface area contributed by atoms with Crippen LogP contribution in [0.2, 0.25) is 10.0 Å². The molecule has 200 valence electrons. The van der Waals surface area contributed by atoms with Crippen molar-refractivity contribution in [3.8, 4) is 5.75 Å². The zero-order chi connectivity index (χ0) is 27.1. The minimum atomic E-state index is -0.516. The van der Waals surface area contributed by atoms with E-state index in [0.717, 1.165) is 49.7 Å². The van der Waals surface area contributed by atoms with Crippen LogP contribution in [0.1, 0.15) is 23.7 Å². The standard InChI is InChI=1S/C28H31Cl2N5O3/c1-3-13-31-27(36)20-18-19(32-28(37)33-26-21(29)7-6-8-22(26)30)11-12-23(20)34-14-16-35(17-15-34)24-9-4-5-10-25(24)38-2/h4-12,18H,3,13-17H2,1-2H3,(H,31,36)(H2,32,33,37). The average Bonchev–Trinajstić information content (AvgIpc) is 2.94. The molecule has 0 radical (unpaired) electrons. The second-order valence-corrected chi connectivity index (χ2v) is 9.62. The Hall–Kier alpha value is -3.62. The molecule has 0 bridgehead atoms. The predicted octanol–water partition coefficient (Wildman–Crippen LogP) is 6.11. The first-order valence-electron chi connectivity index (χ1n) is 12.5. The molecule has 0 unspecified atom stereocenters. The number of carbonyl (C=O) groups is 2. The fourth-order valence-corrected chi connectivity index (χ4v) is 4.87. The number of ether oxygens (including phenoxy) is 1. The average molecular weight is 556 g/mol. The summed E-state index contributed by atoms with van der Waals surface area (Å²) in [5, 5.41) is 9.07. The smallest absolute Gasteiger partial charge is 0.323 e. The van der Waals surface area contributed by atoms with Crippen LogP contribution in [0.4, 0.5) is 27.5 Å². The number of amides is 3. The van der Waals surface area contributed by atoms with Gasteiger partial charge in [-0.15, -0.1) is 0 Å². The molecule has 1 heterocycles. The van der Waals surface area contributed by atoms with E-state index >= 15 is 0 Å². The lowest BCUT2D eigenvalue weighted by Gasteiger charge is -2.38. The predicted molar refractivity (Wildman–Crippen MR) is 156 cm³/mol. The van der Waals surface area contributed by atoms with E-state index in [1.165, 1.54) is 0 Å². The highest BCUT2D eigenvalue weighted by atomic mass is 35.5. The Kier molecular flexibility index (Phi) is 9.20. The molecule has 3 amide bonds. The van der Waals surface area contributed by atoms with Gasteiger partial charge in [-0.1, -0.05) is 48.3 Å². The number of hydrogen-bond donors (Lipinski definition) is 3. The largest absolute Gasteiger partial charge is 0.495 e. The van der Waals surface area contributed by atoms with Crippen LogP contribution < -0.4 is 30.5 Å². The van der Waals surface area contributed by atoms with Crippen molar-refractivity contribution in [2.75, 3.05) is 60.3 Å². The monoisotopic (exact) mass is 555 g/mol. The third kappa shape index (κ3) is 6.44. The molecule has 3 N–H and O–H groups in total. The Morgan fingerprint density at radius 2 is 1.53 bits per heavy atom. The van der Waals surface area contributed by atoms with Gasteiger partial charge in [0.1, 0.15) is 5.75 Å². The Balaban J connectivity index is 1.51. The van der Waals surface area contributed by atoms with Crippen LogP contribution in [0.25, 0.3) is 0 Å². The first-order valence-corrected chi connectivity index (χ1v) is 13.2. The third-order valence-corrected chi connectivity index (χ3v) is 6.91. The van der Waals surface area contributed by atoms with Crippen LogP contribution in [0, 0.1) is 0 Å². The number of nitrogens with one attached hydrogen (secondary N) is 3. The highest BCUT2D eigenvalue weighted by Crippen LogP contribution is 2.32. The van der Waals surface area contributed by atoms with Crippen LogP contribution in [-0.2, 0) is 0 Å². The number of para-hydroxylation sites is 3. The van der Waals surface area contributed by atoms with Gasteiger partial charge in [0.15, 0.2) is 0 Å². The van der Waals surface area contributed by atoms with E-state index in [4.69, 9.17) is 27.9 Å². The molecular weight excluding hydrogens is 525 g/mol. The molecule has 10 heteroatoms. The second-order valence-electron chi connectivity index (χ2n) is 8.81. The molecule has 38 heavy (non-hydrogen) atoms. The van der Waals surface area contributed by atoms with Crippen LogP contribution in [-0.4, -0.2) is 51.8 Å². The minimum Gasteiger partial charge on any atom is -0.495 e. The van der Waals surface area contributed by atoms with E-state index in [0.29, 0.717) is 33.5 Å². The number of benzene rings is 3. The van der Waals surface area contributed by atoms with Crippen molar-refractivity contribution in [1.82, 2.24) is 5.32 Å². The highest BCUT2D eigenvalue weighted by Gasteiger charge is 2.24. The molecule has 4 rings (SSSR count). The van der Waals surface area contributed by atoms with Crippen LogP contribution in [0.3, 0.4) is 0 Å². The highest BCUT2D eigenvalue weighted by molar-refractivity contribution is 6.39. The van der Waals surface area contributed by atoms with Crippen molar-refractivity contribution in [2.24, 2.45) is 0 Å². The van der Waals surface area contributed by atoms with Crippen molar-refractivity contribution in [1.29, 1.82) is 0 Å². The van der Waals surface area contributed by atoms with Gasteiger partial charge in [0.05, 0.1) is 34.1 Å². The topological polar surface area (TPSA) is 85.9 Å². The number of anilines is 4. The maximum Gasteiger partial charge on any atom is 0.323 e. The molecule has 1 aliphatic heterocycles. The van der Waals surface area contributed by atoms with E-state index in [1.807, 2.05) is 31.2 Å². The summed E-state index contributed by atoms with van der Waals surface area (Å²) in [7, 11) is 1.68. The molecule has 3 aromatic rings. The summed E-state index contributed by atoms with van der Waals surface area (Å²) >= 11 is 12.3. The quantitative estimate of drug-likeness (QED) is 0.312. The van der Waals surface area contributed by atoms with E-state index in [1.54, 1.807) is 37.4 Å². The van der Waals surface area contributed by atoms with Gasteiger partial charge < -0.3 is 30.5 Å². The number of piperazine rings is 1. The summed E-state index contributed by atoms with van der Waals surface area (Å²) < 4.78 is 5.53. The number of nitrogens with zero attached hydrogens (tertiary/aromatic N) is 2. The zero-order valence-electron chi connectivity index (χ0n) is 21.4. The van der Waals surface area contributed by atoms with Crippen LogP contribution in [0.15, 0.2) is 60.7 Å². The molecule has 0 aliphatic carbocycles. The van der Waals surface area contributed by atoms with Gasteiger partial charge in [-0.25, -0.2) is 4.79 Å². The van der Waals surface area contributed by atoms with Crippen LogP contribution in [0.5, 0.6) is 5.75 Å². The number of methoxy groups -OCH3 is 1. The van der Waals surface area contributed by atoms with Gasteiger partial charge >= 0.3 is 6.03 Å². The van der Waals surface area contributed by atoms with Gasteiger partial charge in [-0.2, -0.15) is 0 Å². The second kappa shape index (κ2) is 12.8. The molecule has 0 spiro atoms. The zero-order valence-corrected chi connectivity index (χ0v) is 22.9. The number of halogens is 2. The molecule has 3 aromatic carbocycles. The lowest BCUT2D eigenvalue weighted by atomic mass is 10.1. The van der Waals surface area contributed by atoms with E-state index in [2.05, 4.69) is 31.8 Å². The van der Waals surface area contributed by atoms with Gasteiger partial charge in [-0.3, -0.25) is 4.79 Å². The maximum absolute atomic E-state index is 13.1. The lowest BCUT2D eigenvalue weighted by molar-refractivity contribution is 0.0954. The third-order valence-electron chi connectivity index (χ3n) is 6.28. The summed E-state index contributed by atoms with van der Waals surface area (Å²) in [5.41, 5.74) is 3.17.